The molecule has 0 saturated carbocycles. The number of carboxylic acids is 1. The van der Waals surface area contributed by atoms with E-state index < -0.39 is 11.9 Å². The van der Waals surface area contributed by atoms with Crippen LogP contribution in [0.15, 0.2) is 11.1 Å². The number of nitrogens with zero attached hydrogens (tertiary/aromatic N) is 2. The predicted molar refractivity (Wildman–Crippen MR) is 73.5 cm³/mol. The number of thioether (sulfide) groups is 1. The van der Waals surface area contributed by atoms with Gasteiger partial charge in [0, 0.05) is 20.3 Å². The molecule has 1 aromatic rings. The van der Waals surface area contributed by atoms with E-state index in [1.165, 1.54) is 0 Å². The molecule has 1 N–H and O–H groups in total. The zero-order valence-corrected chi connectivity index (χ0v) is 12.2. The number of aryl methyl sites for hydroxylation is 1. The highest BCUT2D eigenvalue weighted by Gasteiger charge is 2.28. The monoisotopic (exact) mass is 284 g/mol. The number of carboxylic acid groups (broad SMARTS) is 1. The van der Waals surface area contributed by atoms with Gasteiger partial charge in [-0.05, 0) is 37.5 Å². The van der Waals surface area contributed by atoms with E-state index in [1.54, 1.807) is 16.4 Å². The molecule has 1 saturated heterocycles. The maximum atomic E-state index is 11.5. The predicted octanol–water partition coefficient (Wildman–Crippen LogP) is 2.13. The number of carbonyl (C=O) groups is 1. The van der Waals surface area contributed by atoms with Crippen molar-refractivity contribution < 1.29 is 14.6 Å². The van der Waals surface area contributed by atoms with Crippen LogP contribution in [0.3, 0.4) is 0 Å². The van der Waals surface area contributed by atoms with Gasteiger partial charge in [0.25, 0.3) is 0 Å². The summed E-state index contributed by atoms with van der Waals surface area (Å²) in [6.45, 7) is 1.49. The third-order valence-electron chi connectivity index (χ3n) is 3.63. The van der Waals surface area contributed by atoms with Crippen LogP contribution in [-0.2, 0) is 16.6 Å². The van der Waals surface area contributed by atoms with E-state index in [2.05, 4.69) is 5.10 Å². The molecule has 0 bridgehead atoms. The molecule has 19 heavy (non-hydrogen) atoms. The molecule has 1 aromatic heterocycles. The van der Waals surface area contributed by atoms with Crippen molar-refractivity contribution in [2.24, 2.45) is 13.0 Å². The van der Waals surface area contributed by atoms with Crippen molar-refractivity contribution in [1.82, 2.24) is 9.78 Å². The summed E-state index contributed by atoms with van der Waals surface area (Å²) in [5.74, 6) is -0.859. The van der Waals surface area contributed by atoms with Gasteiger partial charge >= 0.3 is 5.97 Å². The number of aliphatic carboxylic acids is 1. The lowest BCUT2D eigenvalue weighted by Gasteiger charge is -2.24. The second kappa shape index (κ2) is 6.43. The minimum atomic E-state index is -0.780. The van der Waals surface area contributed by atoms with Crippen molar-refractivity contribution in [1.29, 1.82) is 0 Å². The smallest absolute Gasteiger partial charge is 0.312 e. The summed E-state index contributed by atoms with van der Waals surface area (Å²) in [7, 11) is 1.85. The third kappa shape index (κ3) is 3.51. The van der Waals surface area contributed by atoms with Crippen molar-refractivity contribution >= 4 is 17.7 Å². The Morgan fingerprint density at radius 2 is 2.32 bits per heavy atom. The Labute approximate surface area is 117 Å². The van der Waals surface area contributed by atoms with Gasteiger partial charge in [-0.1, -0.05) is 0 Å². The molecule has 0 amide bonds. The third-order valence-corrected chi connectivity index (χ3v) is 4.43. The molecule has 1 atom stereocenters. The average molecular weight is 284 g/mol. The van der Waals surface area contributed by atoms with Gasteiger partial charge in [0.05, 0.1) is 10.7 Å². The summed E-state index contributed by atoms with van der Waals surface area (Å²) in [6, 6.07) is 1.89. The van der Waals surface area contributed by atoms with Crippen LogP contribution < -0.4 is 0 Å². The van der Waals surface area contributed by atoms with Crippen molar-refractivity contribution in [2.75, 3.05) is 19.5 Å². The lowest BCUT2D eigenvalue weighted by molar-refractivity contribution is -0.139. The van der Waals surface area contributed by atoms with Crippen LogP contribution in [0.5, 0.6) is 0 Å². The summed E-state index contributed by atoms with van der Waals surface area (Å²) >= 11 is 1.58. The van der Waals surface area contributed by atoms with Gasteiger partial charge in [-0.25, -0.2) is 0 Å². The SMILES string of the molecule is CSc1cc(C(CC2CCOCC2)C(=O)O)nn1C. The van der Waals surface area contributed by atoms with E-state index in [0.29, 0.717) is 18.0 Å². The summed E-state index contributed by atoms with van der Waals surface area (Å²) < 4.78 is 7.07. The van der Waals surface area contributed by atoms with E-state index >= 15 is 0 Å². The topological polar surface area (TPSA) is 64.3 Å². The van der Waals surface area contributed by atoms with Gasteiger partial charge in [0.2, 0.25) is 0 Å². The lowest BCUT2D eigenvalue weighted by Crippen LogP contribution is -2.22. The molecule has 0 spiro atoms. The molecular weight excluding hydrogens is 264 g/mol. The second-order valence-electron chi connectivity index (χ2n) is 4.92. The number of hydrogen-bond donors (Lipinski definition) is 1. The molecule has 1 fully saturated rings. The van der Waals surface area contributed by atoms with Gasteiger partial charge < -0.3 is 9.84 Å². The molecule has 6 heteroatoms. The Morgan fingerprint density at radius 1 is 1.63 bits per heavy atom. The maximum Gasteiger partial charge on any atom is 0.312 e. The summed E-state index contributed by atoms with van der Waals surface area (Å²) in [5.41, 5.74) is 0.672. The van der Waals surface area contributed by atoms with E-state index in [0.717, 1.165) is 31.1 Å². The molecule has 2 heterocycles. The summed E-state index contributed by atoms with van der Waals surface area (Å²) in [4.78, 5) is 11.5. The minimum absolute atomic E-state index is 0.426. The fraction of sp³-hybridized carbons (Fsp3) is 0.692. The molecular formula is C13H20N2O3S. The molecule has 5 nitrogen and oxygen atoms in total. The quantitative estimate of drug-likeness (QED) is 0.839. The van der Waals surface area contributed by atoms with Crippen LogP contribution >= 0.6 is 11.8 Å². The zero-order chi connectivity index (χ0) is 13.8. The molecule has 0 aromatic carbocycles. The first-order valence-electron chi connectivity index (χ1n) is 6.50. The van der Waals surface area contributed by atoms with Crippen molar-refractivity contribution in [2.45, 2.75) is 30.2 Å². The van der Waals surface area contributed by atoms with Crippen molar-refractivity contribution in [3.8, 4) is 0 Å². The Hall–Kier alpha value is -1.01. The highest BCUT2D eigenvalue weighted by molar-refractivity contribution is 7.98. The summed E-state index contributed by atoms with van der Waals surface area (Å²) in [5, 5.41) is 14.8. The van der Waals surface area contributed by atoms with Gasteiger partial charge in [0.15, 0.2) is 0 Å². The highest BCUT2D eigenvalue weighted by atomic mass is 32.2. The van der Waals surface area contributed by atoms with Gasteiger partial charge in [-0.15, -0.1) is 11.8 Å². The number of aromatic nitrogens is 2. The van der Waals surface area contributed by atoms with Crippen molar-refractivity contribution in [3.05, 3.63) is 11.8 Å². The largest absolute Gasteiger partial charge is 0.481 e. The standard InChI is InChI=1S/C13H20N2O3S/c1-15-12(19-2)8-11(14-15)10(13(16)17)7-9-3-5-18-6-4-9/h8-10H,3-7H2,1-2H3,(H,16,17). The van der Waals surface area contributed by atoms with E-state index in [1.807, 2.05) is 19.4 Å². The molecule has 1 aliphatic rings. The minimum Gasteiger partial charge on any atom is -0.481 e. The number of ether oxygens (including phenoxy) is 1. The number of rotatable bonds is 5. The first-order chi connectivity index (χ1) is 9.11. The van der Waals surface area contributed by atoms with Crippen LogP contribution in [0.2, 0.25) is 0 Å². The van der Waals surface area contributed by atoms with Gasteiger partial charge in [0.1, 0.15) is 5.92 Å². The van der Waals surface area contributed by atoms with E-state index in [-0.39, 0.29) is 0 Å². The highest BCUT2D eigenvalue weighted by Crippen LogP contribution is 2.30. The lowest BCUT2D eigenvalue weighted by atomic mass is 9.87. The van der Waals surface area contributed by atoms with Gasteiger partial charge in [-0.3, -0.25) is 9.48 Å². The normalized spacial score (nSPS) is 18.4. The van der Waals surface area contributed by atoms with Crippen LogP contribution in [-0.4, -0.2) is 40.3 Å². The molecule has 106 valence electrons. The number of hydrogen-bond acceptors (Lipinski definition) is 4. The average Bonchev–Trinajstić information content (AvgIpc) is 2.77. The van der Waals surface area contributed by atoms with Crippen LogP contribution in [0, 0.1) is 5.92 Å². The Balaban J connectivity index is 2.12. The first kappa shape index (κ1) is 14.4. The van der Waals surface area contributed by atoms with Crippen LogP contribution in [0.25, 0.3) is 0 Å². The fourth-order valence-electron chi connectivity index (χ4n) is 2.50. The van der Waals surface area contributed by atoms with Gasteiger partial charge in [-0.2, -0.15) is 5.10 Å². The Morgan fingerprint density at radius 3 is 2.84 bits per heavy atom. The van der Waals surface area contributed by atoms with E-state index in [4.69, 9.17) is 4.74 Å². The summed E-state index contributed by atoms with van der Waals surface area (Å²) in [6.07, 6.45) is 4.52. The zero-order valence-electron chi connectivity index (χ0n) is 11.3. The molecule has 1 unspecified atom stereocenters. The maximum absolute atomic E-state index is 11.5. The Bertz CT molecular complexity index is 441. The first-order valence-corrected chi connectivity index (χ1v) is 7.72. The molecule has 2 rings (SSSR count). The molecule has 0 aliphatic carbocycles. The second-order valence-corrected chi connectivity index (χ2v) is 5.74. The van der Waals surface area contributed by atoms with E-state index in [9.17, 15) is 9.90 Å². The van der Waals surface area contributed by atoms with Crippen LogP contribution in [0.1, 0.15) is 30.9 Å². The Kier molecular flexibility index (Phi) is 4.87. The van der Waals surface area contributed by atoms with Crippen LogP contribution in [0.4, 0.5) is 0 Å². The van der Waals surface area contributed by atoms with Crippen molar-refractivity contribution in [3.63, 3.8) is 0 Å². The fourth-order valence-corrected chi connectivity index (χ4v) is 3.04. The molecule has 0 radical (unpaired) electrons. The molecule has 1 aliphatic heterocycles.